The van der Waals surface area contributed by atoms with E-state index in [0.29, 0.717) is 43.2 Å². The summed E-state index contributed by atoms with van der Waals surface area (Å²) < 4.78 is 33.7. The van der Waals surface area contributed by atoms with Crippen LogP contribution in [0.2, 0.25) is 15.1 Å². The maximum absolute atomic E-state index is 12.7. The Hall–Kier alpha value is -2.86. The molecule has 0 radical (unpaired) electrons. The van der Waals surface area contributed by atoms with E-state index in [1.54, 1.807) is 42.5 Å². The summed E-state index contributed by atoms with van der Waals surface area (Å²) in [5, 5.41) is 10.1. The molecule has 0 saturated heterocycles. The molecule has 10 heteroatoms. The van der Waals surface area contributed by atoms with Crippen molar-refractivity contribution in [3.63, 3.8) is 0 Å². The van der Waals surface area contributed by atoms with Crippen LogP contribution < -0.4 is 4.72 Å². The van der Waals surface area contributed by atoms with Gasteiger partial charge in [-0.25, -0.2) is 18.1 Å². The predicted octanol–water partition coefficient (Wildman–Crippen LogP) is 6.32. The van der Waals surface area contributed by atoms with Gasteiger partial charge in [0.1, 0.15) is 5.69 Å². The summed E-state index contributed by atoms with van der Waals surface area (Å²) in [5.74, 6) is 0.445. The van der Waals surface area contributed by atoms with Crippen molar-refractivity contribution in [3.05, 3.63) is 93.3 Å². The van der Waals surface area contributed by atoms with Crippen LogP contribution in [0.1, 0.15) is 11.5 Å². The second kappa shape index (κ2) is 9.56. The van der Waals surface area contributed by atoms with Gasteiger partial charge in [-0.05, 0) is 48.5 Å². The number of oxazole rings is 1. The number of rotatable bonds is 6. The minimum absolute atomic E-state index is 0.0142. The zero-order valence-electron chi connectivity index (χ0n) is 16.7. The Bertz CT molecular complexity index is 1480. The number of nitrogens with zero attached hydrogens (tertiary/aromatic N) is 2. The van der Waals surface area contributed by atoms with Gasteiger partial charge in [-0.15, -0.1) is 0 Å². The first-order chi connectivity index (χ1) is 15.8. The van der Waals surface area contributed by atoms with Crippen molar-refractivity contribution in [2.45, 2.75) is 11.4 Å². The highest BCUT2D eigenvalue weighted by Crippen LogP contribution is 2.39. The van der Waals surface area contributed by atoms with Gasteiger partial charge < -0.3 is 4.42 Å². The van der Waals surface area contributed by atoms with Gasteiger partial charge in [-0.1, -0.05) is 53.0 Å². The third-order valence-corrected chi connectivity index (χ3v) is 6.98. The second-order valence-corrected chi connectivity index (χ2v) is 9.87. The third kappa shape index (κ3) is 5.06. The number of benzene rings is 3. The average Bonchev–Trinajstić information content (AvgIpc) is 3.22. The lowest BCUT2D eigenvalue weighted by Crippen LogP contribution is -2.23. The van der Waals surface area contributed by atoms with E-state index < -0.39 is 10.0 Å². The molecule has 0 spiro atoms. The molecule has 0 amide bonds. The van der Waals surface area contributed by atoms with E-state index in [9.17, 15) is 8.42 Å². The fourth-order valence-electron chi connectivity index (χ4n) is 3.08. The summed E-state index contributed by atoms with van der Waals surface area (Å²) in [5.41, 5.74) is 1.91. The van der Waals surface area contributed by atoms with E-state index >= 15 is 0 Å². The standard InChI is InChI=1S/C23H14Cl3N3O3S/c24-15-7-10-18(20(26)11-15)23-22(17-3-1-2-4-19(17)25)29-21(32-23)13-28-33(30,31)16-8-5-14(12-27)6-9-16/h1-11,28H,13H2. The lowest BCUT2D eigenvalue weighted by atomic mass is 10.1. The number of nitriles is 1. The monoisotopic (exact) mass is 517 g/mol. The molecule has 0 saturated carbocycles. The highest BCUT2D eigenvalue weighted by Gasteiger charge is 2.22. The zero-order valence-corrected chi connectivity index (χ0v) is 19.8. The highest BCUT2D eigenvalue weighted by atomic mass is 35.5. The van der Waals surface area contributed by atoms with E-state index in [1.807, 2.05) is 6.07 Å². The molecule has 33 heavy (non-hydrogen) atoms. The van der Waals surface area contributed by atoms with Gasteiger partial charge in [0.25, 0.3) is 0 Å². The van der Waals surface area contributed by atoms with Crippen LogP contribution in [0.15, 0.2) is 76.0 Å². The number of hydrogen-bond donors (Lipinski definition) is 1. The van der Waals surface area contributed by atoms with Crippen LogP contribution in [0.4, 0.5) is 0 Å². The molecule has 4 rings (SSSR count). The van der Waals surface area contributed by atoms with Crippen molar-refractivity contribution < 1.29 is 12.8 Å². The molecule has 1 aromatic heterocycles. The molecule has 3 aromatic carbocycles. The summed E-state index contributed by atoms with van der Waals surface area (Å²) >= 11 is 18.8. The lowest BCUT2D eigenvalue weighted by Gasteiger charge is -2.06. The molecule has 4 aromatic rings. The molecular weight excluding hydrogens is 505 g/mol. The summed E-state index contributed by atoms with van der Waals surface area (Å²) in [6.45, 7) is -0.217. The fraction of sp³-hybridized carbons (Fsp3) is 0.0435. The molecule has 0 unspecified atom stereocenters. The number of sulfonamides is 1. The normalized spacial score (nSPS) is 11.3. The average molecular weight is 519 g/mol. The maximum atomic E-state index is 12.7. The molecule has 1 N–H and O–H groups in total. The number of halogens is 3. The Morgan fingerprint density at radius 3 is 2.33 bits per heavy atom. The van der Waals surface area contributed by atoms with Crippen molar-refractivity contribution in [2.24, 2.45) is 0 Å². The van der Waals surface area contributed by atoms with E-state index in [1.165, 1.54) is 24.3 Å². The van der Waals surface area contributed by atoms with Crippen molar-refractivity contribution in [2.75, 3.05) is 0 Å². The minimum atomic E-state index is -3.87. The van der Waals surface area contributed by atoms with Gasteiger partial charge in [-0.3, -0.25) is 0 Å². The van der Waals surface area contributed by atoms with Crippen LogP contribution in [-0.2, 0) is 16.6 Å². The molecule has 166 valence electrons. The molecule has 0 fully saturated rings. The Balaban J connectivity index is 1.71. The molecule has 0 atom stereocenters. The Morgan fingerprint density at radius 2 is 1.67 bits per heavy atom. The van der Waals surface area contributed by atoms with Gasteiger partial charge in [-0.2, -0.15) is 5.26 Å². The highest BCUT2D eigenvalue weighted by molar-refractivity contribution is 7.89. The first kappa shape index (κ1) is 23.3. The van der Waals surface area contributed by atoms with Crippen LogP contribution in [0.5, 0.6) is 0 Å². The quantitative estimate of drug-likeness (QED) is 0.322. The van der Waals surface area contributed by atoms with E-state index in [-0.39, 0.29) is 17.3 Å². The van der Waals surface area contributed by atoms with Crippen LogP contribution in [0, 0.1) is 11.3 Å². The first-order valence-electron chi connectivity index (χ1n) is 9.48. The Labute approximate surface area is 205 Å². The first-order valence-corrected chi connectivity index (χ1v) is 12.1. The molecule has 1 heterocycles. The SMILES string of the molecule is N#Cc1ccc(S(=O)(=O)NCc2nc(-c3ccccc3Cl)c(-c3ccc(Cl)cc3Cl)o2)cc1. The van der Waals surface area contributed by atoms with Crippen LogP contribution >= 0.6 is 34.8 Å². The summed E-state index contributed by atoms with van der Waals surface area (Å²) in [6, 6.07) is 19.5. The largest absolute Gasteiger partial charge is 0.439 e. The van der Waals surface area contributed by atoms with Crippen LogP contribution in [0.3, 0.4) is 0 Å². The second-order valence-electron chi connectivity index (χ2n) is 6.85. The van der Waals surface area contributed by atoms with Gasteiger partial charge in [0.15, 0.2) is 5.76 Å². The van der Waals surface area contributed by atoms with Gasteiger partial charge in [0.2, 0.25) is 15.9 Å². The minimum Gasteiger partial charge on any atom is -0.439 e. The number of hydrogen-bond acceptors (Lipinski definition) is 5. The molecule has 0 aliphatic carbocycles. The summed E-state index contributed by atoms with van der Waals surface area (Å²) in [6.07, 6.45) is 0. The van der Waals surface area contributed by atoms with Gasteiger partial charge in [0.05, 0.1) is 33.1 Å². The summed E-state index contributed by atoms with van der Waals surface area (Å²) in [7, 11) is -3.87. The van der Waals surface area contributed by atoms with Crippen molar-refractivity contribution in [1.82, 2.24) is 9.71 Å². The predicted molar refractivity (Wildman–Crippen MR) is 128 cm³/mol. The van der Waals surface area contributed by atoms with Crippen molar-refractivity contribution in [3.8, 4) is 28.7 Å². The van der Waals surface area contributed by atoms with Crippen LogP contribution in [-0.4, -0.2) is 13.4 Å². The fourth-order valence-corrected chi connectivity index (χ4v) is 4.77. The lowest BCUT2D eigenvalue weighted by molar-refractivity contribution is 0.495. The van der Waals surface area contributed by atoms with Gasteiger partial charge >= 0.3 is 0 Å². The van der Waals surface area contributed by atoms with Crippen molar-refractivity contribution >= 4 is 44.8 Å². The maximum Gasteiger partial charge on any atom is 0.241 e. The smallest absolute Gasteiger partial charge is 0.241 e. The Morgan fingerprint density at radius 1 is 0.939 bits per heavy atom. The third-order valence-electron chi connectivity index (χ3n) is 4.68. The van der Waals surface area contributed by atoms with Crippen molar-refractivity contribution in [1.29, 1.82) is 5.26 Å². The van der Waals surface area contributed by atoms with E-state index in [4.69, 9.17) is 44.5 Å². The molecule has 0 aliphatic heterocycles. The van der Waals surface area contributed by atoms with Crippen LogP contribution in [0.25, 0.3) is 22.6 Å². The molecule has 6 nitrogen and oxygen atoms in total. The summed E-state index contributed by atoms with van der Waals surface area (Å²) in [4.78, 5) is 4.51. The molecular formula is C23H14Cl3N3O3S. The topological polar surface area (TPSA) is 96.0 Å². The Kier molecular flexibility index (Phi) is 6.75. The number of aromatic nitrogens is 1. The van der Waals surface area contributed by atoms with Gasteiger partial charge in [0, 0.05) is 16.1 Å². The van der Waals surface area contributed by atoms with E-state index in [0.717, 1.165) is 0 Å². The number of nitrogens with one attached hydrogen (secondary N) is 1. The van der Waals surface area contributed by atoms with E-state index in [2.05, 4.69) is 9.71 Å². The zero-order chi connectivity index (χ0) is 23.6. The molecule has 0 bridgehead atoms. The molecule has 0 aliphatic rings.